The van der Waals surface area contributed by atoms with Crippen LogP contribution in [0.15, 0.2) is 52.4 Å². The van der Waals surface area contributed by atoms with Crippen molar-refractivity contribution >= 4 is 37.5 Å². The lowest BCUT2D eigenvalue weighted by atomic mass is 10.0. The molecule has 1 heterocycles. The molecule has 32 heavy (non-hydrogen) atoms. The fraction of sp³-hybridized carbons (Fsp3) is 0.333. The first-order chi connectivity index (χ1) is 15.2. The first kappa shape index (κ1) is 23.9. The summed E-state index contributed by atoms with van der Waals surface area (Å²) in [5.74, 6) is 2.56. The average molecular weight is 470 g/mol. The van der Waals surface area contributed by atoms with Crippen LogP contribution in [0.3, 0.4) is 0 Å². The van der Waals surface area contributed by atoms with Gasteiger partial charge in [-0.1, -0.05) is 51.0 Å². The number of thiazole rings is 1. The largest absolute Gasteiger partial charge is 0.305 e. The van der Waals surface area contributed by atoms with E-state index in [4.69, 9.17) is 6.42 Å². The van der Waals surface area contributed by atoms with E-state index in [0.29, 0.717) is 35.9 Å². The summed E-state index contributed by atoms with van der Waals surface area (Å²) in [7, 11) is -3.58. The summed E-state index contributed by atoms with van der Waals surface area (Å²) in [6.07, 6.45) is 5.55. The second kappa shape index (κ2) is 9.82. The van der Waals surface area contributed by atoms with Gasteiger partial charge in [0.1, 0.15) is 0 Å². The fourth-order valence-corrected chi connectivity index (χ4v) is 5.95. The third kappa shape index (κ3) is 4.70. The second-order valence-electron chi connectivity index (χ2n) is 7.59. The van der Waals surface area contributed by atoms with Gasteiger partial charge >= 0.3 is 0 Å². The number of amides is 1. The molecule has 1 aromatic heterocycles. The van der Waals surface area contributed by atoms with Crippen LogP contribution in [-0.2, 0) is 16.6 Å². The van der Waals surface area contributed by atoms with Crippen LogP contribution in [0.4, 0.5) is 0 Å². The minimum absolute atomic E-state index is 0.156. The van der Waals surface area contributed by atoms with Crippen LogP contribution in [0.25, 0.3) is 10.2 Å². The Labute approximate surface area is 193 Å². The molecule has 3 aromatic rings. The number of carbonyl (C=O) groups is 1. The molecule has 0 N–H and O–H groups in total. The van der Waals surface area contributed by atoms with Crippen molar-refractivity contribution in [3.8, 4) is 12.3 Å². The van der Waals surface area contributed by atoms with Crippen molar-refractivity contribution in [1.29, 1.82) is 0 Å². The molecule has 2 aromatic carbocycles. The van der Waals surface area contributed by atoms with Gasteiger partial charge in [-0.05, 0) is 47.9 Å². The summed E-state index contributed by atoms with van der Waals surface area (Å²) in [6, 6.07) is 12.1. The second-order valence-corrected chi connectivity index (χ2v) is 10.5. The number of sulfonamides is 1. The van der Waals surface area contributed by atoms with Crippen LogP contribution in [0.5, 0.6) is 0 Å². The van der Waals surface area contributed by atoms with Crippen LogP contribution in [0, 0.1) is 12.3 Å². The summed E-state index contributed by atoms with van der Waals surface area (Å²) in [4.78, 5) is 17.8. The topological polar surface area (TPSA) is 71.7 Å². The smallest absolute Gasteiger partial charge is 0.279 e. The predicted molar refractivity (Wildman–Crippen MR) is 129 cm³/mol. The number of carbonyl (C=O) groups excluding carboxylic acids is 1. The van der Waals surface area contributed by atoms with Crippen LogP contribution in [-0.4, -0.2) is 36.3 Å². The summed E-state index contributed by atoms with van der Waals surface area (Å²) in [5, 5.41) is 0. The van der Waals surface area contributed by atoms with Gasteiger partial charge in [0.15, 0.2) is 4.80 Å². The molecule has 0 aliphatic rings. The normalized spacial score (nSPS) is 12.6. The molecule has 0 radical (unpaired) electrons. The summed E-state index contributed by atoms with van der Waals surface area (Å²) >= 11 is 1.41. The van der Waals surface area contributed by atoms with E-state index in [1.807, 2.05) is 10.6 Å². The van der Waals surface area contributed by atoms with Crippen molar-refractivity contribution < 1.29 is 13.2 Å². The first-order valence-corrected chi connectivity index (χ1v) is 12.7. The van der Waals surface area contributed by atoms with Gasteiger partial charge in [-0.2, -0.15) is 9.30 Å². The Morgan fingerprint density at radius 1 is 1.16 bits per heavy atom. The zero-order chi connectivity index (χ0) is 23.5. The molecule has 0 bridgehead atoms. The monoisotopic (exact) mass is 469 g/mol. The highest BCUT2D eigenvalue weighted by Gasteiger charge is 2.21. The molecule has 6 nitrogen and oxygen atoms in total. The Bertz CT molecular complexity index is 1340. The summed E-state index contributed by atoms with van der Waals surface area (Å²) < 4.78 is 29.5. The van der Waals surface area contributed by atoms with Crippen LogP contribution < -0.4 is 4.80 Å². The third-order valence-corrected chi connectivity index (χ3v) is 8.37. The minimum Gasteiger partial charge on any atom is -0.305 e. The van der Waals surface area contributed by atoms with Gasteiger partial charge in [0, 0.05) is 18.7 Å². The van der Waals surface area contributed by atoms with Crippen molar-refractivity contribution in [2.75, 3.05) is 13.1 Å². The number of fused-ring (bicyclic) bond motifs is 1. The number of hydrogen-bond donors (Lipinski definition) is 0. The van der Waals surface area contributed by atoms with E-state index in [-0.39, 0.29) is 4.90 Å². The average Bonchev–Trinajstić information content (AvgIpc) is 3.11. The summed E-state index contributed by atoms with van der Waals surface area (Å²) in [5.41, 5.74) is 2.45. The van der Waals surface area contributed by atoms with Crippen molar-refractivity contribution in [2.45, 2.75) is 45.1 Å². The van der Waals surface area contributed by atoms with Gasteiger partial charge in [-0.15, -0.1) is 6.42 Å². The molecule has 168 valence electrons. The molecule has 0 saturated carbocycles. The van der Waals surface area contributed by atoms with E-state index >= 15 is 0 Å². The maximum Gasteiger partial charge on any atom is 0.279 e. The number of hydrogen-bond acceptors (Lipinski definition) is 4. The lowest BCUT2D eigenvalue weighted by molar-refractivity contribution is 0.0998. The first-order valence-electron chi connectivity index (χ1n) is 10.5. The fourth-order valence-electron chi connectivity index (χ4n) is 3.41. The van der Waals surface area contributed by atoms with Gasteiger partial charge in [0.25, 0.3) is 5.91 Å². The Morgan fingerprint density at radius 3 is 2.38 bits per heavy atom. The van der Waals surface area contributed by atoms with Gasteiger partial charge in [-0.3, -0.25) is 4.79 Å². The standard InChI is InChI=1S/C24H27N3O3S2/c1-6-15-27-21-14-11-19(17(4)5)16-22(21)31-24(27)25-23(28)18-9-12-20(13-10-18)32(29,30)26(7-2)8-3/h1,9-14,16-17H,7-8,15H2,2-5H3. The highest BCUT2D eigenvalue weighted by molar-refractivity contribution is 7.89. The molecule has 0 aliphatic heterocycles. The SMILES string of the molecule is C#CCn1c(=NC(=O)c2ccc(S(=O)(=O)N(CC)CC)cc2)sc2cc(C(C)C)ccc21. The van der Waals surface area contributed by atoms with E-state index in [1.54, 1.807) is 13.8 Å². The maximum absolute atomic E-state index is 12.8. The zero-order valence-corrected chi connectivity index (χ0v) is 20.3. The third-order valence-electron chi connectivity index (χ3n) is 5.26. The van der Waals surface area contributed by atoms with Crippen molar-refractivity contribution in [3.05, 3.63) is 58.4 Å². The number of benzene rings is 2. The van der Waals surface area contributed by atoms with Gasteiger partial charge in [0.2, 0.25) is 10.0 Å². The minimum atomic E-state index is -3.58. The Morgan fingerprint density at radius 2 is 1.81 bits per heavy atom. The molecule has 0 fully saturated rings. The number of nitrogens with zero attached hydrogens (tertiary/aromatic N) is 3. The highest BCUT2D eigenvalue weighted by atomic mass is 32.2. The summed E-state index contributed by atoms with van der Waals surface area (Å²) in [6.45, 7) is 8.90. The lowest BCUT2D eigenvalue weighted by Crippen LogP contribution is -2.30. The van der Waals surface area contributed by atoms with E-state index in [0.717, 1.165) is 10.2 Å². The number of rotatable bonds is 7. The predicted octanol–water partition coefficient (Wildman–Crippen LogP) is 4.23. The van der Waals surface area contributed by atoms with E-state index in [2.05, 4.69) is 36.9 Å². The van der Waals surface area contributed by atoms with E-state index in [1.165, 1.54) is 45.5 Å². The molecule has 1 amide bonds. The van der Waals surface area contributed by atoms with Crippen molar-refractivity contribution in [3.63, 3.8) is 0 Å². The van der Waals surface area contributed by atoms with Crippen molar-refractivity contribution in [2.24, 2.45) is 4.99 Å². The van der Waals surface area contributed by atoms with E-state index in [9.17, 15) is 13.2 Å². The molecule has 0 unspecified atom stereocenters. The molecule has 3 rings (SSSR count). The van der Waals surface area contributed by atoms with Crippen molar-refractivity contribution in [1.82, 2.24) is 8.87 Å². The maximum atomic E-state index is 12.8. The molecule has 8 heteroatoms. The number of aromatic nitrogens is 1. The molecular formula is C24H27N3O3S2. The Kier molecular flexibility index (Phi) is 7.34. The van der Waals surface area contributed by atoms with Crippen LogP contribution in [0.2, 0.25) is 0 Å². The zero-order valence-electron chi connectivity index (χ0n) is 18.7. The van der Waals surface area contributed by atoms with E-state index < -0.39 is 15.9 Å². The molecule has 0 aliphatic carbocycles. The highest BCUT2D eigenvalue weighted by Crippen LogP contribution is 2.24. The molecular weight excluding hydrogens is 442 g/mol. The Balaban J connectivity index is 2.01. The Hall–Kier alpha value is -2.73. The quantitative estimate of drug-likeness (QED) is 0.486. The molecule has 0 atom stereocenters. The molecule has 0 spiro atoms. The van der Waals surface area contributed by atoms with Gasteiger partial charge in [0.05, 0.1) is 21.7 Å². The van der Waals surface area contributed by atoms with Crippen LogP contribution in [0.1, 0.15) is 49.5 Å². The lowest BCUT2D eigenvalue weighted by Gasteiger charge is -2.18. The number of terminal acetylenes is 1. The van der Waals surface area contributed by atoms with Gasteiger partial charge in [-0.25, -0.2) is 8.42 Å². The molecule has 0 saturated heterocycles. The van der Waals surface area contributed by atoms with Crippen LogP contribution >= 0.6 is 11.3 Å². The van der Waals surface area contributed by atoms with Gasteiger partial charge < -0.3 is 4.57 Å².